The van der Waals surface area contributed by atoms with E-state index in [1.54, 1.807) is 6.07 Å². The van der Waals surface area contributed by atoms with E-state index in [2.05, 4.69) is 0 Å². The molecule has 1 aromatic rings. The summed E-state index contributed by atoms with van der Waals surface area (Å²) in [5.41, 5.74) is 0. The van der Waals surface area contributed by atoms with Gasteiger partial charge in [0, 0.05) is 6.54 Å². The van der Waals surface area contributed by atoms with Gasteiger partial charge < -0.3 is 14.7 Å². The molecule has 1 amide bonds. The van der Waals surface area contributed by atoms with Gasteiger partial charge in [0.05, 0.1) is 0 Å². The molecular formula is C14H16FNO4. The summed E-state index contributed by atoms with van der Waals surface area (Å²) in [7, 11) is 0. The molecule has 2 rings (SSSR count). The molecule has 6 heteroatoms. The molecule has 0 unspecified atom stereocenters. The van der Waals surface area contributed by atoms with Crippen molar-refractivity contribution in [1.29, 1.82) is 0 Å². The molecule has 0 aromatic heterocycles. The largest absolute Gasteiger partial charge is 0.481 e. The molecule has 0 bridgehead atoms. The summed E-state index contributed by atoms with van der Waals surface area (Å²) in [4.78, 5) is 23.9. The van der Waals surface area contributed by atoms with E-state index in [0.29, 0.717) is 12.5 Å². The number of carboxylic acid groups (broad SMARTS) is 1. The van der Waals surface area contributed by atoms with Gasteiger partial charge in [0.2, 0.25) is 0 Å². The Morgan fingerprint density at radius 1 is 1.35 bits per heavy atom. The van der Waals surface area contributed by atoms with Crippen LogP contribution in [0.4, 0.5) is 4.39 Å². The number of carboxylic acids is 1. The Labute approximate surface area is 116 Å². The Hall–Kier alpha value is -2.11. The molecule has 1 aliphatic carbocycles. The van der Waals surface area contributed by atoms with Crippen LogP contribution in [0.5, 0.6) is 5.75 Å². The lowest BCUT2D eigenvalue weighted by Crippen LogP contribution is -2.40. The van der Waals surface area contributed by atoms with Crippen LogP contribution in [0.25, 0.3) is 0 Å². The maximum atomic E-state index is 13.3. The molecule has 108 valence electrons. The fourth-order valence-electron chi connectivity index (χ4n) is 1.82. The van der Waals surface area contributed by atoms with Crippen molar-refractivity contribution in [2.75, 3.05) is 19.7 Å². The van der Waals surface area contributed by atoms with Crippen molar-refractivity contribution in [2.24, 2.45) is 5.92 Å². The number of carbonyl (C=O) groups excluding carboxylic acids is 1. The number of aliphatic carboxylic acids is 1. The van der Waals surface area contributed by atoms with Gasteiger partial charge in [0.15, 0.2) is 18.2 Å². The first-order valence-corrected chi connectivity index (χ1v) is 6.43. The van der Waals surface area contributed by atoms with Crippen molar-refractivity contribution in [1.82, 2.24) is 4.90 Å². The van der Waals surface area contributed by atoms with E-state index < -0.39 is 17.7 Å². The first kappa shape index (κ1) is 14.3. The highest BCUT2D eigenvalue weighted by Gasteiger charge is 2.28. The molecule has 5 nitrogen and oxygen atoms in total. The van der Waals surface area contributed by atoms with Crippen molar-refractivity contribution in [2.45, 2.75) is 12.8 Å². The van der Waals surface area contributed by atoms with E-state index in [1.807, 2.05) is 0 Å². The third-order valence-corrected chi connectivity index (χ3v) is 3.04. The van der Waals surface area contributed by atoms with Crippen LogP contribution in [0, 0.1) is 11.7 Å². The molecule has 0 spiro atoms. The predicted octanol–water partition coefficient (Wildman–Crippen LogP) is 1.53. The Balaban J connectivity index is 1.90. The topological polar surface area (TPSA) is 66.8 Å². The third-order valence-electron chi connectivity index (χ3n) is 3.04. The smallest absolute Gasteiger partial charge is 0.323 e. The molecule has 0 saturated heterocycles. The lowest BCUT2D eigenvalue weighted by molar-refractivity contribution is -0.145. The van der Waals surface area contributed by atoms with Gasteiger partial charge in [-0.1, -0.05) is 12.1 Å². The molecule has 0 aliphatic heterocycles. The number of amides is 1. The number of halogens is 1. The summed E-state index contributed by atoms with van der Waals surface area (Å²) in [6.45, 7) is -0.289. The summed E-state index contributed by atoms with van der Waals surface area (Å²) in [6, 6.07) is 5.78. The SMILES string of the molecule is O=C(O)CN(CC1CC1)C(=O)COc1ccccc1F. The average Bonchev–Trinajstić information content (AvgIpc) is 3.20. The van der Waals surface area contributed by atoms with Gasteiger partial charge in [0.25, 0.3) is 5.91 Å². The molecule has 0 atom stereocenters. The van der Waals surface area contributed by atoms with Crippen LogP contribution in [0.3, 0.4) is 0 Å². The van der Waals surface area contributed by atoms with Gasteiger partial charge in [-0.25, -0.2) is 4.39 Å². The Morgan fingerprint density at radius 2 is 2.05 bits per heavy atom. The Bertz CT molecular complexity index is 502. The van der Waals surface area contributed by atoms with Crippen LogP contribution in [0.2, 0.25) is 0 Å². The Kier molecular flexibility index (Phi) is 4.55. The van der Waals surface area contributed by atoms with Gasteiger partial charge in [0.1, 0.15) is 6.54 Å². The number of para-hydroxylation sites is 1. The van der Waals surface area contributed by atoms with E-state index in [-0.39, 0.29) is 18.9 Å². The highest BCUT2D eigenvalue weighted by atomic mass is 19.1. The van der Waals surface area contributed by atoms with E-state index in [1.165, 1.54) is 23.1 Å². The van der Waals surface area contributed by atoms with E-state index in [9.17, 15) is 14.0 Å². The number of benzene rings is 1. The average molecular weight is 281 g/mol. The molecule has 1 aliphatic rings. The van der Waals surface area contributed by atoms with Crippen LogP contribution in [0.1, 0.15) is 12.8 Å². The zero-order valence-electron chi connectivity index (χ0n) is 10.9. The number of hydrogen-bond acceptors (Lipinski definition) is 3. The standard InChI is InChI=1S/C14H16FNO4/c15-11-3-1-2-4-12(11)20-9-13(17)16(8-14(18)19)7-10-5-6-10/h1-4,10H,5-9H2,(H,18,19). The van der Waals surface area contributed by atoms with Crippen LogP contribution in [-0.4, -0.2) is 41.6 Å². The zero-order chi connectivity index (χ0) is 14.5. The maximum Gasteiger partial charge on any atom is 0.323 e. The molecule has 20 heavy (non-hydrogen) atoms. The molecule has 0 heterocycles. The fourth-order valence-corrected chi connectivity index (χ4v) is 1.82. The van der Waals surface area contributed by atoms with Crippen molar-refractivity contribution in [3.63, 3.8) is 0 Å². The zero-order valence-corrected chi connectivity index (χ0v) is 10.9. The molecular weight excluding hydrogens is 265 g/mol. The number of hydrogen-bond donors (Lipinski definition) is 1. The van der Waals surface area contributed by atoms with Crippen molar-refractivity contribution >= 4 is 11.9 Å². The summed E-state index contributed by atoms with van der Waals surface area (Å²) >= 11 is 0. The molecule has 1 saturated carbocycles. The summed E-state index contributed by atoms with van der Waals surface area (Å²) in [6.07, 6.45) is 2.02. The first-order chi connectivity index (χ1) is 9.56. The third kappa shape index (κ3) is 4.22. The van der Waals surface area contributed by atoms with Crippen molar-refractivity contribution < 1.29 is 23.8 Å². The second kappa shape index (κ2) is 6.36. The second-order valence-electron chi connectivity index (χ2n) is 4.83. The highest BCUT2D eigenvalue weighted by molar-refractivity contribution is 5.82. The monoisotopic (exact) mass is 281 g/mol. The van der Waals surface area contributed by atoms with E-state index >= 15 is 0 Å². The van der Waals surface area contributed by atoms with E-state index in [0.717, 1.165) is 12.8 Å². The van der Waals surface area contributed by atoms with E-state index in [4.69, 9.17) is 9.84 Å². The minimum Gasteiger partial charge on any atom is -0.481 e. The predicted molar refractivity (Wildman–Crippen MR) is 68.8 cm³/mol. The van der Waals surface area contributed by atoms with Crippen LogP contribution >= 0.6 is 0 Å². The lowest BCUT2D eigenvalue weighted by atomic mass is 10.3. The van der Waals surface area contributed by atoms with Crippen molar-refractivity contribution in [3.05, 3.63) is 30.1 Å². The number of ether oxygens (including phenoxy) is 1. The van der Waals surface area contributed by atoms with Crippen LogP contribution in [0.15, 0.2) is 24.3 Å². The van der Waals surface area contributed by atoms with Gasteiger partial charge in [-0.3, -0.25) is 9.59 Å². The fraction of sp³-hybridized carbons (Fsp3) is 0.429. The normalized spacial score (nSPS) is 13.8. The minimum atomic E-state index is -1.06. The van der Waals surface area contributed by atoms with Gasteiger partial charge >= 0.3 is 5.97 Å². The summed E-state index contributed by atoms with van der Waals surface area (Å²) in [5, 5.41) is 8.80. The number of rotatable bonds is 7. The van der Waals surface area contributed by atoms with Crippen LogP contribution in [-0.2, 0) is 9.59 Å². The van der Waals surface area contributed by atoms with Gasteiger partial charge in [-0.15, -0.1) is 0 Å². The molecule has 0 radical (unpaired) electrons. The molecule has 1 aromatic carbocycles. The molecule has 1 N–H and O–H groups in total. The van der Waals surface area contributed by atoms with Gasteiger partial charge in [-0.05, 0) is 30.9 Å². The minimum absolute atomic E-state index is 0.0115. The lowest BCUT2D eigenvalue weighted by Gasteiger charge is -2.20. The summed E-state index contributed by atoms with van der Waals surface area (Å²) < 4.78 is 18.4. The van der Waals surface area contributed by atoms with Crippen LogP contribution < -0.4 is 4.74 Å². The number of carbonyl (C=O) groups is 2. The second-order valence-corrected chi connectivity index (χ2v) is 4.83. The van der Waals surface area contributed by atoms with Crippen molar-refractivity contribution in [3.8, 4) is 5.75 Å². The molecule has 1 fully saturated rings. The highest BCUT2D eigenvalue weighted by Crippen LogP contribution is 2.29. The maximum absolute atomic E-state index is 13.3. The first-order valence-electron chi connectivity index (χ1n) is 6.43. The summed E-state index contributed by atoms with van der Waals surface area (Å²) in [5.74, 6) is -1.69. The Morgan fingerprint density at radius 3 is 2.65 bits per heavy atom. The number of nitrogens with zero attached hydrogens (tertiary/aromatic N) is 1. The van der Waals surface area contributed by atoms with Gasteiger partial charge in [-0.2, -0.15) is 0 Å². The quantitative estimate of drug-likeness (QED) is 0.823.